The van der Waals surface area contributed by atoms with Gasteiger partial charge in [0.15, 0.2) is 5.65 Å². The van der Waals surface area contributed by atoms with Crippen molar-refractivity contribution in [2.45, 2.75) is 6.92 Å². The third-order valence-electron chi connectivity index (χ3n) is 3.91. The fraction of sp³-hybridized carbons (Fsp3) is 0.294. The Morgan fingerprint density at radius 1 is 1.48 bits per heavy atom. The van der Waals surface area contributed by atoms with E-state index in [0.29, 0.717) is 31.1 Å². The number of rotatable bonds is 7. The quantitative estimate of drug-likeness (QED) is 0.529. The number of nitrogens with one attached hydrogen (secondary N) is 3. The van der Waals surface area contributed by atoms with Crippen molar-refractivity contribution in [1.82, 2.24) is 24.8 Å². The van der Waals surface area contributed by atoms with Crippen LogP contribution in [0.2, 0.25) is 0 Å². The number of urea groups is 1. The summed E-state index contributed by atoms with van der Waals surface area (Å²) in [5.41, 5.74) is 2.20. The monoisotopic (exact) mass is 339 g/mol. The number of hydrogen-bond acceptors (Lipinski definition) is 5. The van der Waals surface area contributed by atoms with Gasteiger partial charge in [0.1, 0.15) is 5.82 Å². The molecular formula is C17H21N7O. The van der Waals surface area contributed by atoms with Crippen molar-refractivity contribution < 1.29 is 4.79 Å². The molecule has 3 rings (SSSR count). The van der Waals surface area contributed by atoms with Crippen molar-refractivity contribution in [2.75, 3.05) is 31.5 Å². The summed E-state index contributed by atoms with van der Waals surface area (Å²) in [5.74, 6) is 0.696. The van der Waals surface area contributed by atoms with Gasteiger partial charge in [-0.25, -0.2) is 14.3 Å². The maximum absolute atomic E-state index is 11.5. The number of amides is 2. The van der Waals surface area contributed by atoms with Crippen LogP contribution in [0.5, 0.6) is 0 Å². The maximum atomic E-state index is 11.5. The number of aromatic nitrogens is 3. The second-order valence-corrected chi connectivity index (χ2v) is 5.57. The van der Waals surface area contributed by atoms with Crippen LogP contribution in [0.1, 0.15) is 12.6 Å². The molecule has 0 unspecified atom stereocenters. The Morgan fingerprint density at radius 2 is 2.36 bits per heavy atom. The van der Waals surface area contributed by atoms with Gasteiger partial charge < -0.3 is 20.9 Å². The molecule has 8 heteroatoms. The van der Waals surface area contributed by atoms with Crippen LogP contribution >= 0.6 is 0 Å². The zero-order chi connectivity index (χ0) is 17.6. The third-order valence-corrected chi connectivity index (χ3v) is 3.91. The van der Waals surface area contributed by atoms with Crippen LogP contribution in [0.15, 0.2) is 36.6 Å². The predicted octanol–water partition coefficient (Wildman–Crippen LogP) is 1.78. The topological polar surface area (TPSA) is 98.4 Å². The first-order chi connectivity index (χ1) is 12.2. The first kappa shape index (κ1) is 16.7. The van der Waals surface area contributed by atoms with Gasteiger partial charge in [0, 0.05) is 38.0 Å². The van der Waals surface area contributed by atoms with Crippen LogP contribution in [-0.4, -0.2) is 57.9 Å². The summed E-state index contributed by atoms with van der Waals surface area (Å²) in [6, 6.07) is 3.71. The highest BCUT2D eigenvalue weighted by molar-refractivity contribution is 6.08. The summed E-state index contributed by atoms with van der Waals surface area (Å²) in [4.78, 5) is 17.6. The number of carbonyl (C=O) groups is 1. The average molecular weight is 339 g/mol. The predicted molar refractivity (Wildman–Crippen MR) is 98.0 cm³/mol. The Kier molecular flexibility index (Phi) is 5.08. The molecule has 0 aliphatic carbocycles. The molecule has 25 heavy (non-hydrogen) atoms. The molecule has 130 valence electrons. The number of carbonyl (C=O) groups excluding carboxylic acids is 1. The molecule has 3 heterocycles. The van der Waals surface area contributed by atoms with Crippen molar-refractivity contribution in [2.24, 2.45) is 0 Å². The van der Waals surface area contributed by atoms with Gasteiger partial charge in [-0.15, -0.1) is 5.10 Å². The molecule has 8 nitrogen and oxygen atoms in total. The summed E-state index contributed by atoms with van der Waals surface area (Å²) in [7, 11) is 0. The van der Waals surface area contributed by atoms with Gasteiger partial charge in [0.2, 0.25) is 0 Å². The van der Waals surface area contributed by atoms with Crippen LogP contribution in [0.4, 0.5) is 10.6 Å². The van der Waals surface area contributed by atoms with Gasteiger partial charge in [0.05, 0.1) is 11.9 Å². The van der Waals surface area contributed by atoms with Crippen LogP contribution in [-0.2, 0) is 0 Å². The number of hydrogen-bond donors (Lipinski definition) is 3. The summed E-state index contributed by atoms with van der Waals surface area (Å²) < 4.78 is 1.71. The second kappa shape index (κ2) is 7.61. The van der Waals surface area contributed by atoms with E-state index < -0.39 is 0 Å². The van der Waals surface area contributed by atoms with E-state index in [9.17, 15) is 4.79 Å². The van der Waals surface area contributed by atoms with Crippen molar-refractivity contribution in [1.29, 1.82) is 5.41 Å². The van der Waals surface area contributed by atoms with Crippen LogP contribution in [0, 0.1) is 5.41 Å². The Labute approximate surface area is 145 Å². The zero-order valence-corrected chi connectivity index (χ0v) is 14.1. The van der Waals surface area contributed by atoms with Gasteiger partial charge in [-0.3, -0.25) is 0 Å². The lowest BCUT2D eigenvalue weighted by atomic mass is 10.2. The molecule has 2 aromatic rings. The lowest BCUT2D eigenvalue weighted by molar-refractivity contribution is 0.219. The van der Waals surface area contributed by atoms with Gasteiger partial charge in [-0.2, -0.15) is 0 Å². The van der Waals surface area contributed by atoms with Crippen molar-refractivity contribution in [3.8, 4) is 0 Å². The van der Waals surface area contributed by atoms with Gasteiger partial charge in [-0.1, -0.05) is 18.2 Å². The van der Waals surface area contributed by atoms with E-state index in [1.54, 1.807) is 15.6 Å². The number of imidazole rings is 1. The minimum atomic E-state index is -0.0214. The maximum Gasteiger partial charge on any atom is 0.317 e. The molecule has 0 aromatic carbocycles. The van der Waals surface area contributed by atoms with Crippen molar-refractivity contribution in [3.05, 3.63) is 42.3 Å². The molecule has 0 saturated carbocycles. The lowest BCUT2D eigenvalue weighted by Crippen LogP contribution is -2.32. The Morgan fingerprint density at radius 3 is 3.08 bits per heavy atom. The molecule has 0 atom stereocenters. The minimum absolute atomic E-state index is 0.0214. The smallest absolute Gasteiger partial charge is 0.317 e. The summed E-state index contributed by atoms with van der Waals surface area (Å²) in [6.45, 7) is 4.59. The molecule has 3 N–H and O–H groups in total. The van der Waals surface area contributed by atoms with Gasteiger partial charge in [0.25, 0.3) is 0 Å². The summed E-state index contributed by atoms with van der Waals surface area (Å²) in [6.07, 6.45) is 8.63. The van der Waals surface area contributed by atoms with Crippen molar-refractivity contribution in [3.63, 3.8) is 0 Å². The molecule has 0 bridgehead atoms. The number of anilines is 1. The Balaban J connectivity index is 1.75. The molecule has 2 amide bonds. The molecule has 1 fully saturated rings. The number of allylic oxidation sites excluding steroid dienone is 4. The Bertz CT molecular complexity index is 837. The van der Waals surface area contributed by atoms with Crippen LogP contribution in [0.25, 0.3) is 11.2 Å². The fourth-order valence-corrected chi connectivity index (χ4v) is 2.62. The van der Waals surface area contributed by atoms with Crippen LogP contribution in [0.3, 0.4) is 0 Å². The first-order valence-electron chi connectivity index (χ1n) is 8.18. The SMILES string of the molecule is C/C=C\C=C(/C=N)c1cnc2ccc(NCCN3CCNC3=O)nn12. The zero-order valence-electron chi connectivity index (χ0n) is 14.1. The summed E-state index contributed by atoms with van der Waals surface area (Å²) in [5, 5.41) is 18.2. The molecule has 0 radical (unpaired) electrons. The minimum Gasteiger partial charge on any atom is -0.367 e. The van der Waals surface area contributed by atoms with E-state index in [-0.39, 0.29) is 6.03 Å². The molecule has 0 spiro atoms. The van der Waals surface area contributed by atoms with E-state index in [1.807, 2.05) is 37.3 Å². The van der Waals surface area contributed by atoms with E-state index in [0.717, 1.165) is 17.8 Å². The van der Waals surface area contributed by atoms with Gasteiger partial charge in [-0.05, 0) is 19.1 Å². The highest BCUT2D eigenvalue weighted by Gasteiger charge is 2.18. The third kappa shape index (κ3) is 3.68. The van der Waals surface area contributed by atoms with E-state index in [4.69, 9.17) is 5.41 Å². The molecular weight excluding hydrogens is 318 g/mol. The summed E-state index contributed by atoms with van der Waals surface area (Å²) >= 11 is 0. The number of fused-ring (bicyclic) bond motifs is 1. The average Bonchev–Trinajstić information content (AvgIpc) is 3.22. The first-order valence-corrected chi connectivity index (χ1v) is 8.18. The fourth-order valence-electron chi connectivity index (χ4n) is 2.62. The van der Waals surface area contributed by atoms with Crippen molar-refractivity contribution >= 4 is 29.3 Å². The lowest BCUT2D eigenvalue weighted by Gasteiger charge is -2.14. The highest BCUT2D eigenvalue weighted by atomic mass is 16.2. The van der Waals surface area contributed by atoms with E-state index >= 15 is 0 Å². The molecule has 1 aliphatic rings. The molecule has 2 aromatic heterocycles. The second-order valence-electron chi connectivity index (χ2n) is 5.57. The van der Waals surface area contributed by atoms with Crippen LogP contribution < -0.4 is 10.6 Å². The molecule has 1 saturated heterocycles. The normalized spacial score (nSPS) is 15.2. The largest absolute Gasteiger partial charge is 0.367 e. The van der Waals surface area contributed by atoms with E-state index in [1.165, 1.54) is 6.21 Å². The number of nitrogens with zero attached hydrogens (tertiary/aromatic N) is 4. The van der Waals surface area contributed by atoms with E-state index in [2.05, 4.69) is 20.7 Å². The van der Waals surface area contributed by atoms with Gasteiger partial charge >= 0.3 is 6.03 Å². The standard InChI is InChI=1S/C17H21N7O/c1-2-3-4-13(11-18)14-12-21-16-6-5-15(22-24(14)16)19-7-9-23-10-8-20-17(23)25/h2-6,11-12,18H,7-10H2,1H3,(H,19,22)(H,20,25)/b3-2-,13-4+,18-11?. The molecule has 1 aliphatic heterocycles. The highest BCUT2D eigenvalue weighted by Crippen LogP contribution is 2.15. The Hall–Kier alpha value is -3.16.